The van der Waals surface area contributed by atoms with Crippen LogP contribution in [-0.2, 0) is 25.4 Å². The van der Waals surface area contributed by atoms with Gasteiger partial charge in [0.1, 0.15) is 6.61 Å². The second kappa shape index (κ2) is 9.23. The van der Waals surface area contributed by atoms with Crippen LogP contribution in [0.15, 0.2) is 63.7 Å². The van der Waals surface area contributed by atoms with Crippen molar-refractivity contribution in [2.45, 2.75) is 33.8 Å². The first-order chi connectivity index (χ1) is 15.9. The highest BCUT2D eigenvalue weighted by molar-refractivity contribution is 6.09. The summed E-state index contributed by atoms with van der Waals surface area (Å²) in [5, 5.41) is 17.7. The van der Waals surface area contributed by atoms with Gasteiger partial charge in [-0.15, -0.1) is 5.10 Å². The molecule has 0 amide bonds. The summed E-state index contributed by atoms with van der Waals surface area (Å²) >= 11 is 0. The van der Waals surface area contributed by atoms with Crippen molar-refractivity contribution >= 4 is 22.5 Å². The third-order valence-electron chi connectivity index (χ3n) is 5.62. The highest BCUT2D eigenvalue weighted by Gasteiger charge is 2.14. The number of hydrogen-bond acceptors (Lipinski definition) is 6. The zero-order chi connectivity index (χ0) is 23.5. The molecule has 2 aromatic carbocycles. The smallest absolute Gasteiger partial charge is 0.368 e. The molecule has 0 radical (unpaired) electrons. The number of benzene rings is 2. The van der Waals surface area contributed by atoms with Crippen molar-refractivity contribution in [2.75, 3.05) is 0 Å². The Morgan fingerprint density at radius 1 is 1.06 bits per heavy atom. The lowest BCUT2D eigenvalue weighted by atomic mass is 10.1. The fourth-order valence-corrected chi connectivity index (χ4v) is 3.71. The summed E-state index contributed by atoms with van der Waals surface area (Å²) in [6.07, 6.45) is 2.64. The number of nitrogens with zero attached hydrogens (tertiary/aromatic N) is 7. The van der Waals surface area contributed by atoms with Gasteiger partial charge in [0, 0.05) is 48.7 Å². The van der Waals surface area contributed by atoms with E-state index in [0.717, 1.165) is 33.3 Å². The molecule has 0 bridgehead atoms. The standard InChI is InChI=1S/C24H27N7O2/c1-6-23(26-25-17(3)19-14-29(4)21-12-8-7-11-18(19)21)33-15-20-16(2)10-9-13-22(20)31-24(32)30(5)27-28-31/h7-14H,6,15H2,1-5H3/b25-17?,26-23-. The Labute approximate surface area is 191 Å². The second-order valence-corrected chi connectivity index (χ2v) is 7.86. The van der Waals surface area contributed by atoms with Crippen molar-refractivity contribution in [2.24, 2.45) is 24.3 Å². The molecule has 9 heteroatoms. The van der Waals surface area contributed by atoms with E-state index in [4.69, 9.17) is 4.74 Å². The third-order valence-corrected chi connectivity index (χ3v) is 5.62. The quantitative estimate of drug-likeness (QED) is 0.258. The SMILES string of the molecule is CC/C(=N/N=C(C)c1cn(C)c2ccccc12)OCc1c(C)cccc1-n1nnn(C)c1=O. The molecule has 9 nitrogen and oxygen atoms in total. The molecule has 0 saturated heterocycles. The first-order valence-corrected chi connectivity index (χ1v) is 10.8. The Balaban J connectivity index is 1.59. The Morgan fingerprint density at radius 3 is 2.58 bits per heavy atom. The molecule has 0 aliphatic rings. The van der Waals surface area contributed by atoms with Gasteiger partial charge in [-0.25, -0.2) is 4.79 Å². The molecule has 0 aliphatic heterocycles. The summed E-state index contributed by atoms with van der Waals surface area (Å²) in [6, 6.07) is 13.9. The molecule has 0 aliphatic carbocycles. The molecule has 0 N–H and O–H groups in total. The number of ether oxygens (including phenoxy) is 1. The Hall–Kier alpha value is -4.01. The molecule has 0 spiro atoms. The van der Waals surface area contributed by atoms with Crippen LogP contribution < -0.4 is 5.69 Å². The topological polar surface area (TPSA) is 91.6 Å². The van der Waals surface area contributed by atoms with Crippen molar-refractivity contribution in [3.05, 3.63) is 75.8 Å². The zero-order valence-corrected chi connectivity index (χ0v) is 19.5. The molecule has 0 atom stereocenters. The third kappa shape index (κ3) is 4.34. The molecule has 2 heterocycles. The Morgan fingerprint density at radius 2 is 1.85 bits per heavy atom. The number of rotatable bonds is 6. The van der Waals surface area contributed by atoms with E-state index in [1.54, 1.807) is 7.05 Å². The van der Waals surface area contributed by atoms with Gasteiger partial charge in [0.25, 0.3) is 0 Å². The molecule has 170 valence electrons. The van der Waals surface area contributed by atoms with Crippen LogP contribution in [0.4, 0.5) is 0 Å². The fourth-order valence-electron chi connectivity index (χ4n) is 3.71. The first-order valence-electron chi connectivity index (χ1n) is 10.8. The van der Waals surface area contributed by atoms with Gasteiger partial charge < -0.3 is 9.30 Å². The number of tetrazole rings is 1. The van der Waals surface area contributed by atoms with Crippen LogP contribution >= 0.6 is 0 Å². The lowest BCUT2D eigenvalue weighted by molar-refractivity contribution is 0.282. The van der Waals surface area contributed by atoms with Gasteiger partial charge in [0.05, 0.1) is 11.4 Å². The average molecular weight is 446 g/mol. The van der Waals surface area contributed by atoms with E-state index >= 15 is 0 Å². The summed E-state index contributed by atoms with van der Waals surface area (Å²) in [5.74, 6) is 0.510. The monoisotopic (exact) mass is 445 g/mol. The van der Waals surface area contributed by atoms with E-state index in [1.165, 1.54) is 9.36 Å². The average Bonchev–Trinajstić information content (AvgIpc) is 3.33. The molecule has 4 rings (SSSR count). The largest absolute Gasteiger partial charge is 0.475 e. The van der Waals surface area contributed by atoms with Crippen LogP contribution in [0.3, 0.4) is 0 Å². The summed E-state index contributed by atoms with van der Waals surface area (Å²) in [4.78, 5) is 12.4. The van der Waals surface area contributed by atoms with Crippen molar-refractivity contribution in [3.63, 3.8) is 0 Å². The van der Waals surface area contributed by atoms with Gasteiger partial charge >= 0.3 is 5.69 Å². The minimum Gasteiger partial charge on any atom is -0.475 e. The Bertz CT molecular complexity index is 1420. The summed E-state index contributed by atoms with van der Waals surface area (Å²) in [7, 11) is 3.58. The van der Waals surface area contributed by atoms with Gasteiger partial charge in [0.2, 0.25) is 5.90 Å². The predicted octanol–water partition coefficient (Wildman–Crippen LogP) is 3.52. The summed E-state index contributed by atoms with van der Waals surface area (Å²) < 4.78 is 10.6. The van der Waals surface area contributed by atoms with Crippen molar-refractivity contribution in [1.82, 2.24) is 24.4 Å². The maximum atomic E-state index is 12.4. The number of aromatic nitrogens is 5. The van der Waals surface area contributed by atoms with Crippen LogP contribution in [0, 0.1) is 6.92 Å². The first kappa shape index (κ1) is 22.2. The lowest BCUT2D eigenvalue weighted by Crippen LogP contribution is -2.23. The minimum absolute atomic E-state index is 0.237. The number of hydrogen-bond donors (Lipinski definition) is 0. The van der Waals surface area contributed by atoms with Crippen LogP contribution in [-0.4, -0.2) is 36.0 Å². The van der Waals surface area contributed by atoms with Crippen LogP contribution in [0.5, 0.6) is 0 Å². The fraction of sp³-hybridized carbons (Fsp3) is 0.292. The number of para-hydroxylation sites is 1. The van der Waals surface area contributed by atoms with E-state index in [0.29, 0.717) is 18.0 Å². The molecular formula is C24H27N7O2. The van der Waals surface area contributed by atoms with Crippen molar-refractivity contribution in [1.29, 1.82) is 0 Å². The summed E-state index contributed by atoms with van der Waals surface area (Å²) in [5.41, 5.74) is 5.14. The van der Waals surface area contributed by atoms with Crippen molar-refractivity contribution < 1.29 is 4.74 Å². The summed E-state index contributed by atoms with van der Waals surface area (Å²) in [6.45, 7) is 6.11. The maximum absolute atomic E-state index is 12.4. The van der Waals surface area contributed by atoms with Crippen LogP contribution in [0.25, 0.3) is 16.6 Å². The zero-order valence-electron chi connectivity index (χ0n) is 19.5. The molecule has 0 unspecified atom stereocenters. The van der Waals surface area contributed by atoms with Gasteiger partial charge in [0.15, 0.2) is 0 Å². The van der Waals surface area contributed by atoms with Crippen molar-refractivity contribution in [3.8, 4) is 5.69 Å². The van der Waals surface area contributed by atoms with E-state index in [1.807, 2.05) is 58.2 Å². The van der Waals surface area contributed by atoms with Gasteiger partial charge in [-0.3, -0.25) is 0 Å². The van der Waals surface area contributed by atoms with Crippen LogP contribution in [0.2, 0.25) is 0 Å². The normalized spacial score (nSPS) is 12.5. The highest BCUT2D eigenvalue weighted by Crippen LogP contribution is 2.21. The minimum atomic E-state index is -0.318. The molecule has 0 saturated carbocycles. The molecule has 0 fully saturated rings. The van der Waals surface area contributed by atoms with Gasteiger partial charge in [-0.2, -0.15) is 14.5 Å². The highest BCUT2D eigenvalue weighted by atomic mass is 16.5. The molecule has 2 aromatic heterocycles. The van der Waals surface area contributed by atoms with E-state index in [-0.39, 0.29) is 12.3 Å². The lowest BCUT2D eigenvalue weighted by Gasteiger charge is -2.13. The molecule has 4 aromatic rings. The molecule has 33 heavy (non-hydrogen) atoms. The van der Waals surface area contributed by atoms with Crippen LogP contribution in [0.1, 0.15) is 37.0 Å². The number of fused-ring (bicyclic) bond motifs is 1. The Kier molecular flexibility index (Phi) is 6.21. The van der Waals surface area contributed by atoms with E-state index < -0.39 is 0 Å². The predicted molar refractivity (Wildman–Crippen MR) is 129 cm³/mol. The molecular weight excluding hydrogens is 418 g/mol. The number of aryl methyl sites for hydroxylation is 3. The maximum Gasteiger partial charge on any atom is 0.368 e. The van der Waals surface area contributed by atoms with Gasteiger partial charge in [-0.1, -0.05) is 37.3 Å². The van der Waals surface area contributed by atoms with E-state index in [2.05, 4.69) is 43.5 Å². The van der Waals surface area contributed by atoms with Gasteiger partial charge in [-0.05, 0) is 42.0 Å². The van der Waals surface area contributed by atoms with E-state index in [9.17, 15) is 4.79 Å². The second-order valence-electron chi connectivity index (χ2n) is 7.86.